The van der Waals surface area contributed by atoms with Gasteiger partial charge in [-0.25, -0.2) is 4.98 Å². The van der Waals surface area contributed by atoms with Gasteiger partial charge < -0.3 is 11.1 Å². The highest BCUT2D eigenvalue weighted by Gasteiger charge is 2.24. The van der Waals surface area contributed by atoms with Crippen molar-refractivity contribution in [3.05, 3.63) is 47.7 Å². The molecular weight excluding hydrogens is 385 g/mol. The summed E-state index contributed by atoms with van der Waals surface area (Å²) in [7, 11) is 1.84. The molecule has 0 aliphatic rings. The number of pyridine rings is 1. The Hall–Kier alpha value is -2.15. The molecule has 0 atom stereocenters. The van der Waals surface area contributed by atoms with Crippen LogP contribution in [-0.2, 0) is 7.05 Å². The van der Waals surface area contributed by atoms with E-state index in [4.69, 9.17) is 10.7 Å². The van der Waals surface area contributed by atoms with Crippen LogP contribution in [0.1, 0.15) is 29.9 Å². The SMILES string of the molecule is Cc1nn(C)c2nc(-c3ccccc3)cc(C(=O)NC(C)(C)CN)c12.Cl.Cl. The van der Waals surface area contributed by atoms with Gasteiger partial charge in [0.25, 0.3) is 5.91 Å². The van der Waals surface area contributed by atoms with Gasteiger partial charge in [0, 0.05) is 24.7 Å². The van der Waals surface area contributed by atoms with Crippen LogP contribution < -0.4 is 11.1 Å². The number of benzene rings is 1. The van der Waals surface area contributed by atoms with Gasteiger partial charge in [0.1, 0.15) is 0 Å². The molecule has 0 saturated carbocycles. The van der Waals surface area contributed by atoms with Crippen LogP contribution in [0.25, 0.3) is 22.3 Å². The normalized spacial score (nSPS) is 10.9. The molecule has 0 bridgehead atoms. The molecule has 8 heteroatoms. The number of amides is 1. The number of hydrogen-bond acceptors (Lipinski definition) is 4. The summed E-state index contributed by atoms with van der Waals surface area (Å²) in [6.07, 6.45) is 0. The highest BCUT2D eigenvalue weighted by atomic mass is 35.5. The summed E-state index contributed by atoms with van der Waals surface area (Å²) < 4.78 is 1.71. The van der Waals surface area contributed by atoms with Gasteiger partial charge in [0.2, 0.25) is 0 Å². The molecule has 27 heavy (non-hydrogen) atoms. The number of rotatable bonds is 4. The number of nitrogens with one attached hydrogen (secondary N) is 1. The van der Waals surface area contributed by atoms with E-state index in [1.54, 1.807) is 4.68 Å². The molecule has 1 aromatic carbocycles. The van der Waals surface area contributed by atoms with Crippen LogP contribution in [0.15, 0.2) is 36.4 Å². The summed E-state index contributed by atoms with van der Waals surface area (Å²) in [5.41, 5.74) is 9.00. The summed E-state index contributed by atoms with van der Waals surface area (Å²) in [5.74, 6) is -0.170. The number of carbonyl (C=O) groups is 1. The predicted octanol–water partition coefficient (Wildman–Crippen LogP) is 3.25. The topological polar surface area (TPSA) is 85.8 Å². The molecular formula is C19H25Cl2N5O. The lowest BCUT2D eigenvalue weighted by atomic mass is 10.0. The van der Waals surface area contributed by atoms with Crippen molar-refractivity contribution in [2.24, 2.45) is 12.8 Å². The number of hydrogen-bond donors (Lipinski definition) is 2. The molecule has 1 amide bonds. The number of carbonyl (C=O) groups excluding carboxylic acids is 1. The van der Waals surface area contributed by atoms with Crippen molar-refractivity contribution in [1.29, 1.82) is 0 Å². The predicted molar refractivity (Wildman–Crippen MR) is 114 cm³/mol. The van der Waals surface area contributed by atoms with Crippen molar-refractivity contribution in [3.63, 3.8) is 0 Å². The Bertz CT molecular complexity index is 938. The monoisotopic (exact) mass is 409 g/mol. The second-order valence-corrected chi connectivity index (χ2v) is 6.87. The van der Waals surface area contributed by atoms with E-state index in [1.165, 1.54) is 0 Å². The maximum Gasteiger partial charge on any atom is 0.252 e. The zero-order valence-corrected chi connectivity index (χ0v) is 17.4. The van der Waals surface area contributed by atoms with Gasteiger partial charge in [-0.2, -0.15) is 5.10 Å². The van der Waals surface area contributed by atoms with Crippen molar-refractivity contribution in [1.82, 2.24) is 20.1 Å². The first-order valence-corrected chi connectivity index (χ1v) is 8.25. The summed E-state index contributed by atoms with van der Waals surface area (Å²) in [6, 6.07) is 11.6. The van der Waals surface area contributed by atoms with Crippen molar-refractivity contribution < 1.29 is 4.79 Å². The minimum Gasteiger partial charge on any atom is -0.346 e. The van der Waals surface area contributed by atoms with Crippen LogP contribution in [0, 0.1) is 6.92 Å². The first kappa shape index (κ1) is 22.9. The third-order valence-corrected chi connectivity index (χ3v) is 4.25. The Morgan fingerprint density at radius 2 is 1.85 bits per heavy atom. The quantitative estimate of drug-likeness (QED) is 0.692. The van der Waals surface area contributed by atoms with Gasteiger partial charge in [-0.15, -0.1) is 24.8 Å². The van der Waals surface area contributed by atoms with Crippen LogP contribution in [0.5, 0.6) is 0 Å². The van der Waals surface area contributed by atoms with Crippen molar-refractivity contribution >= 4 is 41.8 Å². The van der Waals surface area contributed by atoms with Crippen LogP contribution in [0.4, 0.5) is 0 Å². The fourth-order valence-corrected chi connectivity index (χ4v) is 2.81. The van der Waals surface area contributed by atoms with Gasteiger partial charge >= 0.3 is 0 Å². The number of nitrogens with zero attached hydrogens (tertiary/aromatic N) is 3. The van der Waals surface area contributed by atoms with E-state index < -0.39 is 5.54 Å². The molecule has 2 aromatic heterocycles. The third kappa shape index (κ3) is 4.58. The maximum absolute atomic E-state index is 12.9. The molecule has 3 N–H and O–H groups in total. The smallest absolute Gasteiger partial charge is 0.252 e. The molecule has 0 saturated heterocycles. The number of fused-ring (bicyclic) bond motifs is 1. The molecule has 0 aliphatic heterocycles. The number of aryl methyl sites for hydroxylation is 2. The fourth-order valence-electron chi connectivity index (χ4n) is 2.81. The lowest BCUT2D eigenvalue weighted by Crippen LogP contribution is -2.48. The minimum absolute atomic E-state index is 0. The van der Waals surface area contributed by atoms with E-state index >= 15 is 0 Å². The first-order chi connectivity index (χ1) is 11.8. The molecule has 3 rings (SSSR count). The largest absolute Gasteiger partial charge is 0.346 e. The summed E-state index contributed by atoms with van der Waals surface area (Å²) in [4.78, 5) is 17.7. The van der Waals surface area contributed by atoms with E-state index in [0.29, 0.717) is 17.8 Å². The zero-order valence-electron chi connectivity index (χ0n) is 15.8. The zero-order chi connectivity index (χ0) is 18.2. The van der Waals surface area contributed by atoms with Crippen molar-refractivity contribution in [2.45, 2.75) is 26.3 Å². The molecule has 0 radical (unpaired) electrons. The Morgan fingerprint density at radius 3 is 2.44 bits per heavy atom. The van der Waals surface area contributed by atoms with Gasteiger partial charge in [0.15, 0.2) is 5.65 Å². The van der Waals surface area contributed by atoms with Crippen molar-refractivity contribution in [2.75, 3.05) is 6.54 Å². The number of halogens is 2. The van der Waals surface area contributed by atoms with E-state index in [9.17, 15) is 4.79 Å². The summed E-state index contributed by atoms with van der Waals surface area (Å²) in [6.45, 7) is 6.04. The molecule has 0 unspecified atom stereocenters. The second-order valence-electron chi connectivity index (χ2n) is 6.87. The van der Waals surface area contributed by atoms with Crippen LogP contribution in [-0.4, -0.2) is 32.8 Å². The van der Waals surface area contributed by atoms with Gasteiger partial charge in [-0.05, 0) is 26.8 Å². The Labute approximate surface area is 171 Å². The standard InChI is InChI=1S/C19H23N5O.2ClH/c1-12-16-14(18(25)22-19(2,3)11-20)10-15(13-8-6-5-7-9-13)21-17(16)24(4)23-12;;/h5-10H,11,20H2,1-4H3,(H,22,25);2*1H. The van der Waals surface area contributed by atoms with E-state index in [-0.39, 0.29) is 30.7 Å². The minimum atomic E-state index is -0.490. The lowest BCUT2D eigenvalue weighted by molar-refractivity contribution is 0.0917. The Balaban J connectivity index is 0.00000182. The maximum atomic E-state index is 12.9. The third-order valence-electron chi connectivity index (χ3n) is 4.25. The number of nitrogens with two attached hydrogens (primary N) is 1. The van der Waals surface area contributed by atoms with Crippen LogP contribution >= 0.6 is 24.8 Å². The molecule has 0 aliphatic carbocycles. The average Bonchev–Trinajstić information content (AvgIpc) is 2.89. The van der Waals surface area contributed by atoms with Gasteiger partial charge in [-0.3, -0.25) is 9.48 Å². The fraction of sp³-hybridized carbons (Fsp3) is 0.316. The first-order valence-electron chi connectivity index (χ1n) is 8.25. The Kier molecular flexibility index (Phi) is 7.37. The molecule has 6 nitrogen and oxygen atoms in total. The summed E-state index contributed by atoms with van der Waals surface area (Å²) in [5, 5.41) is 8.21. The molecule has 146 valence electrons. The highest BCUT2D eigenvalue weighted by Crippen LogP contribution is 2.27. The molecule has 0 fully saturated rings. The Morgan fingerprint density at radius 1 is 1.22 bits per heavy atom. The van der Waals surface area contributed by atoms with Gasteiger partial charge in [-0.1, -0.05) is 30.3 Å². The average molecular weight is 410 g/mol. The van der Waals surface area contributed by atoms with Crippen LogP contribution in [0.3, 0.4) is 0 Å². The van der Waals surface area contributed by atoms with E-state index in [2.05, 4.69) is 10.4 Å². The van der Waals surface area contributed by atoms with Crippen LogP contribution in [0.2, 0.25) is 0 Å². The van der Waals surface area contributed by atoms with E-state index in [1.807, 2.05) is 64.2 Å². The number of aromatic nitrogens is 3. The second kappa shape index (κ2) is 8.69. The highest BCUT2D eigenvalue weighted by molar-refractivity contribution is 6.07. The molecule has 2 heterocycles. The lowest BCUT2D eigenvalue weighted by Gasteiger charge is -2.24. The van der Waals surface area contributed by atoms with Crippen molar-refractivity contribution in [3.8, 4) is 11.3 Å². The molecule has 0 spiro atoms. The van der Waals surface area contributed by atoms with E-state index in [0.717, 1.165) is 22.3 Å². The summed E-state index contributed by atoms with van der Waals surface area (Å²) >= 11 is 0. The van der Waals surface area contributed by atoms with Gasteiger partial charge in [0.05, 0.1) is 22.3 Å². The molecule has 3 aromatic rings.